The normalized spacial score (nSPS) is 10.3. The molecule has 1 amide bonds. The first kappa shape index (κ1) is 17.0. The molecule has 2 rings (SSSR count). The van der Waals surface area contributed by atoms with E-state index in [1.807, 2.05) is 49.5 Å². The number of unbranched alkanes of at least 4 members (excludes halogenated alkanes) is 1. The third-order valence-corrected chi connectivity index (χ3v) is 3.75. The van der Waals surface area contributed by atoms with Crippen LogP contribution in [-0.4, -0.2) is 24.5 Å². The van der Waals surface area contributed by atoms with Gasteiger partial charge < -0.3 is 10.2 Å². The van der Waals surface area contributed by atoms with Crippen LogP contribution in [0.4, 0.5) is 11.5 Å². The molecule has 0 unspecified atom stereocenters. The van der Waals surface area contributed by atoms with Crippen LogP contribution in [0.5, 0.6) is 0 Å². The van der Waals surface area contributed by atoms with E-state index in [-0.39, 0.29) is 5.91 Å². The summed E-state index contributed by atoms with van der Waals surface area (Å²) < 4.78 is 0. The van der Waals surface area contributed by atoms with Gasteiger partial charge in [-0.2, -0.15) is 0 Å². The third-order valence-electron chi connectivity index (χ3n) is 3.75. The van der Waals surface area contributed by atoms with Crippen molar-refractivity contribution in [1.82, 2.24) is 4.98 Å². The lowest BCUT2D eigenvalue weighted by atomic mass is 10.1. The molecule has 0 saturated heterocycles. The fraction of sp³-hybridized carbons (Fsp3) is 0.368. The quantitative estimate of drug-likeness (QED) is 0.804. The number of carbonyl (C=O) groups excluding carboxylic acids is 1. The fourth-order valence-corrected chi connectivity index (χ4v) is 2.32. The van der Waals surface area contributed by atoms with Gasteiger partial charge in [0.25, 0.3) is 0 Å². The van der Waals surface area contributed by atoms with Crippen LogP contribution in [0.25, 0.3) is 0 Å². The van der Waals surface area contributed by atoms with Gasteiger partial charge in [0.15, 0.2) is 0 Å². The zero-order valence-corrected chi connectivity index (χ0v) is 14.0. The number of pyridine rings is 1. The van der Waals surface area contributed by atoms with E-state index in [0.717, 1.165) is 30.9 Å². The molecule has 0 atom stereocenters. The lowest BCUT2D eigenvalue weighted by Crippen LogP contribution is -2.19. The second kappa shape index (κ2) is 8.93. The van der Waals surface area contributed by atoms with Crippen LogP contribution in [0.15, 0.2) is 48.7 Å². The SMILES string of the molecule is CCCCN(C)c1ccc(NC(=O)CCc2ccccc2)cn1. The summed E-state index contributed by atoms with van der Waals surface area (Å²) in [5.74, 6) is 0.948. The summed E-state index contributed by atoms with van der Waals surface area (Å²) in [4.78, 5) is 18.5. The predicted molar refractivity (Wildman–Crippen MR) is 95.8 cm³/mol. The van der Waals surface area contributed by atoms with E-state index >= 15 is 0 Å². The van der Waals surface area contributed by atoms with Crippen molar-refractivity contribution < 1.29 is 4.79 Å². The van der Waals surface area contributed by atoms with Gasteiger partial charge in [0, 0.05) is 20.0 Å². The van der Waals surface area contributed by atoms with Gasteiger partial charge in [-0.1, -0.05) is 43.7 Å². The Labute approximate surface area is 138 Å². The zero-order chi connectivity index (χ0) is 16.5. The first-order chi connectivity index (χ1) is 11.2. The molecule has 0 radical (unpaired) electrons. The van der Waals surface area contributed by atoms with Crippen LogP contribution < -0.4 is 10.2 Å². The third kappa shape index (κ3) is 5.74. The van der Waals surface area contributed by atoms with Gasteiger partial charge in [-0.15, -0.1) is 0 Å². The Morgan fingerprint density at radius 1 is 1.17 bits per heavy atom. The lowest BCUT2D eigenvalue weighted by Gasteiger charge is -2.17. The Kier molecular flexibility index (Phi) is 6.60. The number of amides is 1. The highest BCUT2D eigenvalue weighted by Crippen LogP contribution is 2.14. The highest BCUT2D eigenvalue weighted by molar-refractivity contribution is 5.90. The monoisotopic (exact) mass is 311 g/mol. The first-order valence-electron chi connectivity index (χ1n) is 8.20. The summed E-state index contributed by atoms with van der Waals surface area (Å²) in [6.07, 6.45) is 5.26. The molecule has 0 saturated carbocycles. The van der Waals surface area contributed by atoms with Crippen molar-refractivity contribution in [1.29, 1.82) is 0 Å². The first-order valence-corrected chi connectivity index (χ1v) is 8.20. The average molecular weight is 311 g/mol. The number of nitrogens with zero attached hydrogens (tertiary/aromatic N) is 2. The number of benzene rings is 1. The molecule has 0 aliphatic heterocycles. The maximum Gasteiger partial charge on any atom is 0.224 e. The van der Waals surface area contributed by atoms with Crippen LogP contribution in [0.3, 0.4) is 0 Å². The van der Waals surface area contributed by atoms with Crippen molar-refractivity contribution in [3.05, 3.63) is 54.2 Å². The molecule has 4 nitrogen and oxygen atoms in total. The summed E-state index contributed by atoms with van der Waals surface area (Å²) in [5.41, 5.74) is 1.92. The van der Waals surface area contributed by atoms with Gasteiger partial charge in [-0.05, 0) is 30.5 Å². The molecule has 0 bridgehead atoms. The molecule has 4 heteroatoms. The molecule has 1 aromatic heterocycles. The minimum atomic E-state index is 0.0164. The van der Waals surface area contributed by atoms with Crippen LogP contribution >= 0.6 is 0 Å². The second-order valence-corrected chi connectivity index (χ2v) is 5.71. The van der Waals surface area contributed by atoms with E-state index in [0.29, 0.717) is 6.42 Å². The molecule has 23 heavy (non-hydrogen) atoms. The Morgan fingerprint density at radius 3 is 2.61 bits per heavy atom. The Balaban J connectivity index is 1.82. The average Bonchev–Trinajstić information content (AvgIpc) is 2.59. The molecular weight excluding hydrogens is 286 g/mol. The summed E-state index contributed by atoms with van der Waals surface area (Å²) in [5, 5.41) is 2.90. The largest absolute Gasteiger partial charge is 0.360 e. The molecule has 0 spiro atoms. The molecule has 1 heterocycles. The highest BCUT2D eigenvalue weighted by atomic mass is 16.1. The molecule has 0 aliphatic rings. The van der Waals surface area contributed by atoms with Gasteiger partial charge >= 0.3 is 0 Å². The summed E-state index contributed by atoms with van der Waals surface area (Å²) >= 11 is 0. The zero-order valence-electron chi connectivity index (χ0n) is 14.0. The standard InChI is InChI=1S/C19H25N3O/c1-3-4-14-22(2)18-12-11-17(15-20-18)21-19(23)13-10-16-8-6-5-7-9-16/h5-9,11-12,15H,3-4,10,13-14H2,1-2H3,(H,21,23). The molecule has 0 aliphatic carbocycles. The van der Waals surface area contributed by atoms with E-state index in [9.17, 15) is 4.79 Å². The Morgan fingerprint density at radius 2 is 1.96 bits per heavy atom. The number of nitrogens with one attached hydrogen (secondary N) is 1. The maximum absolute atomic E-state index is 12.0. The number of carbonyl (C=O) groups is 1. The van der Waals surface area contributed by atoms with Crippen molar-refractivity contribution in [2.45, 2.75) is 32.6 Å². The van der Waals surface area contributed by atoms with Gasteiger partial charge in [0.05, 0.1) is 11.9 Å². The smallest absolute Gasteiger partial charge is 0.224 e. The van der Waals surface area contributed by atoms with Crippen molar-refractivity contribution in [2.75, 3.05) is 23.8 Å². The molecule has 2 aromatic rings. The van der Waals surface area contributed by atoms with E-state index < -0.39 is 0 Å². The molecule has 122 valence electrons. The highest BCUT2D eigenvalue weighted by Gasteiger charge is 2.05. The number of hydrogen-bond acceptors (Lipinski definition) is 3. The van der Waals surface area contributed by atoms with Crippen molar-refractivity contribution in [3.8, 4) is 0 Å². The summed E-state index contributed by atoms with van der Waals surface area (Å²) in [6, 6.07) is 13.9. The van der Waals surface area contributed by atoms with E-state index in [2.05, 4.69) is 22.1 Å². The van der Waals surface area contributed by atoms with Crippen molar-refractivity contribution >= 4 is 17.4 Å². The minimum absolute atomic E-state index is 0.0164. The molecule has 0 fully saturated rings. The predicted octanol–water partition coefficient (Wildman–Crippen LogP) is 3.89. The molecule has 1 N–H and O–H groups in total. The number of hydrogen-bond donors (Lipinski definition) is 1. The van der Waals surface area contributed by atoms with Crippen LogP contribution in [0, 0.1) is 0 Å². The van der Waals surface area contributed by atoms with Gasteiger partial charge in [-0.3, -0.25) is 4.79 Å². The molecule has 1 aromatic carbocycles. The fourth-order valence-electron chi connectivity index (χ4n) is 2.32. The number of aromatic nitrogens is 1. The lowest BCUT2D eigenvalue weighted by molar-refractivity contribution is -0.116. The van der Waals surface area contributed by atoms with Crippen LogP contribution in [0.1, 0.15) is 31.7 Å². The van der Waals surface area contributed by atoms with Crippen molar-refractivity contribution in [3.63, 3.8) is 0 Å². The maximum atomic E-state index is 12.0. The topological polar surface area (TPSA) is 45.2 Å². The number of anilines is 2. The van der Waals surface area contributed by atoms with E-state index in [1.165, 1.54) is 12.0 Å². The Hall–Kier alpha value is -2.36. The summed E-state index contributed by atoms with van der Waals surface area (Å²) in [7, 11) is 2.04. The summed E-state index contributed by atoms with van der Waals surface area (Å²) in [6.45, 7) is 3.17. The van der Waals surface area contributed by atoms with E-state index in [1.54, 1.807) is 6.20 Å². The molecular formula is C19H25N3O. The van der Waals surface area contributed by atoms with Gasteiger partial charge in [0.1, 0.15) is 5.82 Å². The number of rotatable bonds is 8. The minimum Gasteiger partial charge on any atom is -0.360 e. The second-order valence-electron chi connectivity index (χ2n) is 5.71. The van der Waals surface area contributed by atoms with Crippen LogP contribution in [0.2, 0.25) is 0 Å². The van der Waals surface area contributed by atoms with E-state index in [4.69, 9.17) is 0 Å². The number of aryl methyl sites for hydroxylation is 1. The Bertz CT molecular complexity index is 596. The van der Waals surface area contributed by atoms with Gasteiger partial charge in [0.2, 0.25) is 5.91 Å². The van der Waals surface area contributed by atoms with Crippen LogP contribution in [-0.2, 0) is 11.2 Å². The van der Waals surface area contributed by atoms with Crippen molar-refractivity contribution in [2.24, 2.45) is 0 Å². The van der Waals surface area contributed by atoms with Gasteiger partial charge in [-0.25, -0.2) is 4.98 Å².